The van der Waals surface area contributed by atoms with Gasteiger partial charge >= 0.3 is 5.69 Å². The van der Waals surface area contributed by atoms with Gasteiger partial charge in [-0.25, -0.2) is 14.2 Å². The van der Waals surface area contributed by atoms with E-state index in [2.05, 4.69) is 15.4 Å². The number of aryl methyl sites for hydroxylation is 1. The highest BCUT2D eigenvalue weighted by Crippen LogP contribution is 2.22. The van der Waals surface area contributed by atoms with Crippen LogP contribution in [0.4, 0.5) is 4.39 Å². The molecule has 1 fully saturated rings. The summed E-state index contributed by atoms with van der Waals surface area (Å²) in [7, 11) is 1.78. The number of carbonyl (C=O) groups excluding carboxylic acids is 1. The van der Waals surface area contributed by atoms with Gasteiger partial charge in [-0.2, -0.15) is 5.10 Å². The third-order valence-electron chi connectivity index (χ3n) is 5.82. The summed E-state index contributed by atoms with van der Waals surface area (Å²) in [6, 6.07) is 6.19. The molecule has 0 bridgehead atoms. The van der Waals surface area contributed by atoms with Gasteiger partial charge in [0.2, 0.25) is 0 Å². The summed E-state index contributed by atoms with van der Waals surface area (Å²) in [5, 5.41) is 16.8. The number of fused-ring (bicyclic) bond motifs is 1. The summed E-state index contributed by atoms with van der Waals surface area (Å²) in [4.78, 5) is 29.8. The molecular weight excluding hydrogens is 415 g/mol. The van der Waals surface area contributed by atoms with E-state index in [1.807, 2.05) is 0 Å². The molecule has 9 nitrogen and oxygen atoms in total. The van der Waals surface area contributed by atoms with Crippen molar-refractivity contribution in [2.45, 2.75) is 31.5 Å². The number of nitrogens with one attached hydrogen (secondary N) is 1. The van der Waals surface area contributed by atoms with Crippen molar-refractivity contribution < 1.29 is 14.3 Å². The average Bonchev–Trinajstić information content (AvgIpc) is 3.43. The number of halogens is 1. The SMILES string of the molecule is Cn1ccc(-c2ccc(Cn3cc(C(=O)N[C@@H]4CC[C@H]4O)c4nccn4c3=O)c(F)c2)n1. The number of nitrogens with zero attached hydrogens (tertiary/aromatic N) is 5. The Kier molecular flexibility index (Phi) is 4.86. The Morgan fingerprint density at radius 2 is 2.12 bits per heavy atom. The van der Waals surface area contributed by atoms with Crippen LogP contribution in [-0.2, 0) is 13.6 Å². The number of aromatic nitrogens is 5. The molecule has 1 aromatic carbocycles. The Morgan fingerprint density at radius 1 is 1.28 bits per heavy atom. The lowest BCUT2D eigenvalue weighted by molar-refractivity contribution is 0.0447. The van der Waals surface area contributed by atoms with E-state index in [1.165, 1.54) is 33.6 Å². The molecule has 1 aliphatic carbocycles. The van der Waals surface area contributed by atoms with Crippen LogP contribution in [0.25, 0.3) is 16.9 Å². The summed E-state index contributed by atoms with van der Waals surface area (Å²) < 4.78 is 19.0. The van der Waals surface area contributed by atoms with Crippen LogP contribution in [0, 0.1) is 5.82 Å². The van der Waals surface area contributed by atoms with Crippen LogP contribution in [0.1, 0.15) is 28.8 Å². The van der Waals surface area contributed by atoms with Crippen molar-refractivity contribution in [3.05, 3.63) is 76.5 Å². The van der Waals surface area contributed by atoms with E-state index < -0.39 is 23.5 Å². The van der Waals surface area contributed by atoms with Crippen LogP contribution in [0.3, 0.4) is 0 Å². The highest BCUT2D eigenvalue weighted by atomic mass is 19.1. The van der Waals surface area contributed by atoms with Crippen molar-refractivity contribution in [3.8, 4) is 11.3 Å². The summed E-state index contributed by atoms with van der Waals surface area (Å²) in [6.07, 6.45) is 6.80. The molecule has 5 rings (SSSR count). The number of aliphatic hydroxyl groups excluding tert-OH is 1. The van der Waals surface area contributed by atoms with Crippen molar-refractivity contribution in [3.63, 3.8) is 0 Å². The van der Waals surface area contributed by atoms with Gasteiger partial charge in [0, 0.05) is 43.0 Å². The first kappa shape index (κ1) is 20.1. The number of hydrogen-bond acceptors (Lipinski definition) is 5. The maximum Gasteiger partial charge on any atom is 0.334 e. The Balaban J connectivity index is 1.48. The van der Waals surface area contributed by atoms with Crippen LogP contribution in [-0.4, -0.2) is 46.9 Å². The summed E-state index contributed by atoms with van der Waals surface area (Å²) in [5.41, 5.74) is 1.52. The molecule has 2 atom stereocenters. The fourth-order valence-corrected chi connectivity index (χ4v) is 3.82. The molecule has 4 aromatic rings. The van der Waals surface area contributed by atoms with Crippen LogP contribution in [0.5, 0.6) is 0 Å². The van der Waals surface area contributed by atoms with E-state index in [9.17, 15) is 19.1 Å². The zero-order chi connectivity index (χ0) is 22.4. The van der Waals surface area contributed by atoms with Gasteiger partial charge in [0.15, 0.2) is 5.65 Å². The number of benzene rings is 1. The van der Waals surface area contributed by atoms with E-state index in [4.69, 9.17) is 0 Å². The Hall–Kier alpha value is -3.79. The molecule has 1 saturated carbocycles. The first-order valence-electron chi connectivity index (χ1n) is 10.2. The molecule has 0 aliphatic heterocycles. The second-order valence-electron chi connectivity index (χ2n) is 7.98. The molecule has 10 heteroatoms. The fraction of sp³-hybridized carbons (Fsp3) is 0.273. The van der Waals surface area contributed by atoms with Crippen molar-refractivity contribution >= 4 is 11.6 Å². The molecule has 1 aliphatic rings. The minimum Gasteiger partial charge on any atom is -0.391 e. The summed E-state index contributed by atoms with van der Waals surface area (Å²) in [5.74, 6) is -0.918. The fourth-order valence-electron chi connectivity index (χ4n) is 3.82. The Morgan fingerprint density at radius 3 is 2.78 bits per heavy atom. The number of imidazole rings is 1. The normalized spacial score (nSPS) is 18.0. The van der Waals surface area contributed by atoms with Crippen LogP contribution in [0.2, 0.25) is 0 Å². The lowest BCUT2D eigenvalue weighted by atomic mass is 9.89. The van der Waals surface area contributed by atoms with Gasteiger partial charge in [0.05, 0.1) is 29.9 Å². The molecule has 0 spiro atoms. The van der Waals surface area contributed by atoms with Crippen LogP contribution in [0.15, 0.2) is 53.8 Å². The van der Waals surface area contributed by atoms with Gasteiger partial charge in [-0.3, -0.25) is 18.4 Å². The van der Waals surface area contributed by atoms with Gasteiger partial charge in [-0.1, -0.05) is 12.1 Å². The maximum absolute atomic E-state index is 14.9. The molecule has 32 heavy (non-hydrogen) atoms. The molecule has 164 valence electrons. The summed E-state index contributed by atoms with van der Waals surface area (Å²) >= 11 is 0. The minimum absolute atomic E-state index is 0.0619. The van der Waals surface area contributed by atoms with Crippen LogP contribution >= 0.6 is 0 Å². The standard InChI is InChI=1S/C22H21FN6O3/c1-27-8-6-17(26-27)13-2-3-14(16(23)10-13)11-28-12-15(20-24-7-9-29(20)22(28)32)21(31)25-18-4-5-19(18)30/h2-3,6-10,12,18-19,30H,4-5,11H2,1H3,(H,25,31)/t18-,19-/m1/s1. The first-order valence-corrected chi connectivity index (χ1v) is 10.2. The van der Waals surface area contributed by atoms with Gasteiger partial charge in [0.1, 0.15) is 5.82 Å². The third-order valence-corrected chi connectivity index (χ3v) is 5.82. The zero-order valence-corrected chi connectivity index (χ0v) is 17.3. The topological polar surface area (TPSA) is 106 Å². The molecule has 1 amide bonds. The molecule has 0 saturated heterocycles. The second kappa shape index (κ2) is 7.72. The van der Waals surface area contributed by atoms with E-state index in [0.29, 0.717) is 29.7 Å². The Bertz CT molecular complexity index is 1390. The van der Waals surface area contributed by atoms with Gasteiger partial charge in [0.25, 0.3) is 5.91 Å². The van der Waals surface area contributed by atoms with Crippen molar-refractivity contribution in [1.82, 2.24) is 29.0 Å². The van der Waals surface area contributed by atoms with Gasteiger partial charge in [-0.15, -0.1) is 0 Å². The van der Waals surface area contributed by atoms with Gasteiger partial charge in [-0.05, 0) is 25.0 Å². The van der Waals surface area contributed by atoms with Crippen molar-refractivity contribution in [1.29, 1.82) is 0 Å². The Labute approximate surface area is 181 Å². The highest BCUT2D eigenvalue weighted by Gasteiger charge is 2.31. The van der Waals surface area contributed by atoms with Crippen LogP contribution < -0.4 is 11.0 Å². The molecular formula is C22H21FN6O3. The monoisotopic (exact) mass is 436 g/mol. The number of rotatable bonds is 5. The molecule has 3 heterocycles. The number of hydrogen-bond donors (Lipinski definition) is 2. The zero-order valence-electron chi connectivity index (χ0n) is 17.3. The first-order chi connectivity index (χ1) is 15.4. The predicted octanol–water partition coefficient (Wildman–Crippen LogP) is 1.34. The summed E-state index contributed by atoms with van der Waals surface area (Å²) in [6.45, 7) is -0.0619. The minimum atomic E-state index is -0.577. The quantitative estimate of drug-likeness (QED) is 0.491. The molecule has 2 N–H and O–H groups in total. The van der Waals surface area contributed by atoms with Crippen molar-refractivity contribution in [2.75, 3.05) is 0 Å². The van der Waals surface area contributed by atoms with E-state index in [1.54, 1.807) is 36.1 Å². The number of aliphatic hydroxyl groups is 1. The average molecular weight is 436 g/mol. The lowest BCUT2D eigenvalue weighted by Crippen LogP contribution is -2.50. The largest absolute Gasteiger partial charge is 0.391 e. The molecule has 0 radical (unpaired) electrons. The number of carbonyl (C=O) groups is 1. The van der Waals surface area contributed by atoms with E-state index >= 15 is 0 Å². The smallest absolute Gasteiger partial charge is 0.334 e. The predicted molar refractivity (Wildman–Crippen MR) is 114 cm³/mol. The third kappa shape index (κ3) is 3.48. The highest BCUT2D eigenvalue weighted by molar-refractivity contribution is 5.99. The maximum atomic E-state index is 14.9. The van der Waals surface area contributed by atoms with Gasteiger partial charge < -0.3 is 10.4 Å². The second-order valence-corrected chi connectivity index (χ2v) is 7.98. The number of amides is 1. The molecule has 3 aromatic heterocycles. The lowest BCUT2D eigenvalue weighted by Gasteiger charge is -2.32. The van der Waals surface area contributed by atoms with Crippen molar-refractivity contribution in [2.24, 2.45) is 7.05 Å². The van der Waals surface area contributed by atoms with E-state index in [-0.39, 0.29) is 23.8 Å². The molecule has 0 unspecified atom stereocenters. The van der Waals surface area contributed by atoms with E-state index in [0.717, 1.165) is 0 Å².